The van der Waals surface area contributed by atoms with Gasteiger partial charge in [0.2, 0.25) is 5.82 Å². The predicted octanol–water partition coefficient (Wildman–Crippen LogP) is 1.04. The monoisotopic (exact) mass is 268 g/mol. The Morgan fingerprint density at radius 1 is 1.21 bits per heavy atom. The second-order valence-corrected chi connectivity index (χ2v) is 5.99. The second-order valence-electron chi connectivity index (χ2n) is 5.99. The first-order chi connectivity index (χ1) is 8.48. The molecule has 1 aromatic heterocycles. The number of hydrogen-bond donors (Lipinski definition) is 2. The molecule has 7 nitrogen and oxygen atoms in total. The van der Waals surface area contributed by atoms with Crippen LogP contribution in [0.15, 0.2) is 0 Å². The van der Waals surface area contributed by atoms with E-state index in [1.807, 2.05) is 20.8 Å². The van der Waals surface area contributed by atoms with Crippen molar-refractivity contribution in [2.45, 2.75) is 45.6 Å². The third-order valence-corrected chi connectivity index (χ3v) is 3.05. The summed E-state index contributed by atoms with van der Waals surface area (Å²) in [7, 11) is 1.42. The summed E-state index contributed by atoms with van der Waals surface area (Å²) in [4.78, 5) is 28.5. The third kappa shape index (κ3) is 2.91. The molecule has 0 unspecified atom stereocenters. The first kappa shape index (κ1) is 15.1. The number of nitrogens with one attached hydrogen (secondary N) is 1. The van der Waals surface area contributed by atoms with Gasteiger partial charge in [0.1, 0.15) is 11.4 Å². The molecular formula is C12H20N4O3. The van der Waals surface area contributed by atoms with Crippen molar-refractivity contribution in [2.24, 2.45) is 0 Å². The van der Waals surface area contributed by atoms with Crippen LogP contribution in [0.4, 0.5) is 0 Å². The summed E-state index contributed by atoms with van der Waals surface area (Å²) in [5, 5.41) is 15.7. The number of likely N-dealkylation sites (N-methyl/N-ethyl adjacent to an activating group) is 1. The Hall–Kier alpha value is -1.92. The molecule has 0 aliphatic heterocycles. The number of carboxylic acid groups (broad SMARTS) is 1. The summed E-state index contributed by atoms with van der Waals surface area (Å²) in [6.07, 6.45) is 0. The lowest BCUT2D eigenvalue weighted by Gasteiger charge is -2.30. The average Bonchev–Trinajstić information content (AvgIpc) is 2.75. The summed E-state index contributed by atoms with van der Waals surface area (Å²) in [6.45, 7) is 8.71. The number of nitrogens with zero attached hydrogens (tertiary/aromatic N) is 3. The van der Waals surface area contributed by atoms with Gasteiger partial charge in [-0.1, -0.05) is 20.8 Å². The number of hydrogen-bond acceptors (Lipinski definition) is 4. The molecule has 1 aromatic rings. The van der Waals surface area contributed by atoms with Gasteiger partial charge < -0.3 is 10.0 Å². The van der Waals surface area contributed by atoms with E-state index in [4.69, 9.17) is 5.11 Å². The molecule has 0 saturated carbocycles. The summed E-state index contributed by atoms with van der Waals surface area (Å²) >= 11 is 0. The normalized spacial score (nSPS) is 12.3. The Morgan fingerprint density at radius 3 is 2.11 bits per heavy atom. The van der Waals surface area contributed by atoms with E-state index in [1.165, 1.54) is 20.9 Å². The van der Waals surface area contributed by atoms with Crippen molar-refractivity contribution in [1.82, 2.24) is 20.1 Å². The van der Waals surface area contributed by atoms with E-state index >= 15 is 0 Å². The van der Waals surface area contributed by atoms with Crippen LogP contribution in [0, 0.1) is 0 Å². The van der Waals surface area contributed by atoms with Crippen LogP contribution in [-0.2, 0) is 10.2 Å². The smallest absolute Gasteiger partial charge is 0.329 e. The van der Waals surface area contributed by atoms with E-state index in [0.29, 0.717) is 5.82 Å². The van der Waals surface area contributed by atoms with Crippen molar-refractivity contribution in [2.75, 3.05) is 7.05 Å². The SMILES string of the molecule is CN(C(=O)c1n[nH]c(C(C)(C)C)n1)C(C)(C)C(=O)O. The molecule has 106 valence electrons. The second kappa shape index (κ2) is 4.64. The van der Waals surface area contributed by atoms with E-state index in [2.05, 4.69) is 15.2 Å². The van der Waals surface area contributed by atoms with Crippen molar-refractivity contribution in [3.05, 3.63) is 11.6 Å². The summed E-state index contributed by atoms with van der Waals surface area (Å²) in [5.41, 5.74) is -1.58. The quantitative estimate of drug-likeness (QED) is 0.853. The van der Waals surface area contributed by atoms with Gasteiger partial charge in [-0.05, 0) is 13.8 Å². The first-order valence-corrected chi connectivity index (χ1v) is 5.92. The molecule has 0 bridgehead atoms. The lowest BCUT2D eigenvalue weighted by Crippen LogP contribution is -2.51. The molecule has 1 amide bonds. The number of H-pyrrole nitrogens is 1. The van der Waals surface area contributed by atoms with Crippen LogP contribution in [0.2, 0.25) is 0 Å². The summed E-state index contributed by atoms with van der Waals surface area (Å²) in [6, 6.07) is 0. The van der Waals surface area contributed by atoms with Crippen molar-refractivity contribution in [1.29, 1.82) is 0 Å². The van der Waals surface area contributed by atoms with E-state index < -0.39 is 17.4 Å². The first-order valence-electron chi connectivity index (χ1n) is 5.92. The standard InChI is InChI=1S/C12H20N4O3/c1-11(2,3)9-13-7(14-15-9)8(17)16(6)12(4,5)10(18)19/h1-6H3,(H,18,19)(H,13,14,15). The Kier molecular flexibility index (Phi) is 3.70. The summed E-state index contributed by atoms with van der Waals surface area (Å²) in [5.74, 6) is -1.06. The van der Waals surface area contributed by atoms with Gasteiger partial charge in [0.25, 0.3) is 5.91 Å². The van der Waals surface area contributed by atoms with Crippen molar-refractivity contribution in [3.63, 3.8) is 0 Å². The van der Waals surface area contributed by atoms with Crippen LogP contribution >= 0.6 is 0 Å². The maximum atomic E-state index is 12.2. The lowest BCUT2D eigenvalue weighted by molar-refractivity contribution is -0.147. The molecule has 1 heterocycles. The highest BCUT2D eigenvalue weighted by Crippen LogP contribution is 2.19. The van der Waals surface area contributed by atoms with Crippen LogP contribution < -0.4 is 0 Å². The Balaban J connectivity index is 3.02. The zero-order chi connectivity index (χ0) is 15.0. The molecule has 0 aromatic carbocycles. The topological polar surface area (TPSA) is 99.2 Å². The minimum Gasteiger partial charge on any atom is -0.480 e. The van der Waals surface area contributed by atoms with Crippen LogP contribution in [0.5, 0.6) is 0 Å². The number of carbonyl (C=O) groups is 2. The Bertz CT molecular complexity index is 499. The molecule has 1 rings (SSSR count). The van der Waals surface area contributed by atoms with Gasteiger partial charge in [0.05, 0.1) is 0 Å². The molecular weight excluding hydrogens is 248 g/mol. The number of rotatable bonds is 3. The fourth-order valence-corrected chi connectivity index (χ4v) is 1.24. The van der Waals surface area contributed by atoms with Gasteiger partial charge in [0.15, 0.2) is 0 Å². The zero-order valence-corrected chi connectivity index (χ0v) is 12.1. The molecule has 19 heavy (non-hydrogen) atoms. The fraction of sp³-hybridized carbons (Fsp3) is 0.667. The molecule has 0 aliphatic rings. The number of aromatic nitrogens is 3. The highest BCUT2D eigenvalue weighted by Gasteiger charge is 2.37. The molecule has 0 saturated heterocycles. The van der Waals surface area contributed by atoms with Crippen LogP contribution in [0.1, 0.15) is 51.1 Å². The third-order valence-electron chi connectivity index (χ3n) is 3.05. The number of amides is 1. The van der Waals surface area contributed by atoms with Crippen molar-refractivity contribution >= 4 is 11.9 Å². The lowest BCUT2D eigenvalue weighted by atomic mass is 9.96. The largest absolute Gasteiger partial charge is 0.480 e. The number of aromatic amines is 1. The maximum Gasteiger partial charge on any atom is 0.329 e. The van der Waals surface area contributed by atoms with Crippen LogP contribution in [0.25, 0.3) is 0 Å². The van der Waals surface area contributed by atoms with Gasteiger partial charge in [-0.3, -0.25) is 9.89 Å². The number of aliphatic carboxylic acids is 1. The molecule has 0 atom stereocenters. The van der Waals surface area contributed by atoms with E-state index in [0.717, 1.165) is 4.90 Å². The molecule has 0 radical (unpaired) electrons. The zero-order valence-electron chi connectivity index (χ0n) is 12.1. The minimum absolute atomic E-state index is 0.0262. The van der Waals surface area contributed by atoms with Crippen molar-refractivity contribution in [3.8, 4) is 0 Å². The van der Waals surface area contributed by atoms with Gasteiger partial charge in [0, 0.05) is 12.5 Å². The van der Waals surface area contributed by atoms with E-state index in [-0.39, 0.29) is 11.2 Å². The molecule has 7 heteroatoms. The van der Waals surface area contributed by atoms with Gasteiger partial charge >= 0.3 is 5.97 Å². The molecule has 2 N–H and O–H groups in total. The van der Waals surface area contributed by atoms with Crippen molar-refractivity contribution < 1.29 is 14.7 Å². The van der Waals surface area contributed by atoms with E-state index in [1.54, 1.807) is 0 Å². The van der Waals surface area contributed by atoms with Crippen LogP contribution in [0.3, 0.4) is 0 Å². The van der Waals surface area contributed by atoms with Gasteiger partial charge in [-0.25, -0.2) is 9.78 Å². The number of carboxylic acids is 1. The molecule has 0 spiro atoms. The average molecular weight is 268 g/mol. The number of carbonyl (C=O) groups excluding carboxylic acids is 1. The Morgan fingerprint density at radius 2 is 1.74 bits per heavy atom. The summed E-state index contributed by atoms with van der Waals surface area (Å²) < 4.78 is 0. The minimum atomic E-state index is -1.32. The highest BCUT2D eigenvalue weighted by atomic mass is 16.4. The Labute approximate surface area is 112 Å². The predicted molar refractivity (Wildman–Crippen MR) is 68.9 cm³/mol. The van der Waals surface area contributed by atoms with Crippen LogP contribution in [-0.4, -0.2) is 49.7 Å². The van der Waals surface area contributed by atoms with E-state index in [9.17, 15) is 9.59 Å². The highest BCUT2D eigenvalue weighted by molar-refractivity contribution is 5.94. The maximum absolute atomic E-state index is 12.2. The fourth-order valence-electron chi connectivity index (χ4n) is 1.24. The molecule has 0 fully saturated rings. The molecule has 0 aliphatic carbocycles. The van der Waals surface area contributed by atoms with Gasteiger partial charge in [-0.15, -0.1) is 5.10 Å². The van der Waals surface area contributed by atoms with Gasteiger partial charge in [-0.2, -0.15) is 0 Å².